The van der Waals surface area contributed by atoms with Gasteiger partial charge in [-0.05, 0) is 37.2 Å². The second-order valence-electron chi connectivity index (χ2n) is 5.82. The van der Waals surface area contributed by atoms with Gasteiger partial charge in [0.2, 0.25) is 0 Å². The number of nitrogens with zero attached hydrogens (tertiary/aromatic N) is 2. The first-order valence-electron chi connectivity index (χ1n) is 7.83. The van der Waals surface area contributed by atoms with Crippen molar-refractivity contribution in [3.05, 3.63) is 17.0 Å². The lowest BCUT2D eigenvalue weighted by molar-refractivity contribution is -0.146. The van der Waals surface area contributed by atoms with Gasteiger partial charge in [0.25, 0.3) is 0 Å². The van der Waals surface area contributed by atoms with Crippen molar-refractivity contribution in [1.82, 2.24) is 9.78 Å². The first-order chi connectivity index (χ1) is 11.3. The molecule has 1 fully saturated rings. The van der Waals surface area contributed by atoms with E-state index in [0.29, 0.717) is 11.3 Å². The SMILES string of the molecule is CCOC(=O)Cn1nc(C(F)(F)F)c2c1C(SC)(SCC)[C@@H]1C[C@H]21. The lowest BCUT2D eigenvalue weighted by Gasteiger charge is -2.30. The number of halogens is 3. The van der Waals surface area contributed by atoms with Gasteiger partial charge in [0.15, 0.2) is 5.69 Å². The Morgan fingerprint density at radius 2 is 2.17 bits per heavy atom. The van der Waals surface area contributed by atoms with Crippen LogP contribution in [0.5, 0.6) is 0 Å². The fraction of sp³-hybridized carbons (Fsp3) is 0.733. The monoisotopic (exact) mass is 380 g/mol. The number of aromatic nitrogens is 2. The third-order valence-corrected chi connectivity index (χ3v) is 7.65. The molecule has 1 aromatic heterocycles. The predicted molar refractivity (Wildman–Crippen MR) is 88.0 cm³/mol. The van der Waals surface area contributed by atoms with Crippen LogP contribution < -0.4 is 0 Å². The molecule has 0 saturated heterocycles. The van der Waals surface area contributed by atoms with Crippen LogP contribution >= 0.6 is 23.5 Å². The Kier molecular flexibility index (Phi) is 4.61. The van der Waals surface area contributed by atoms with Crippen molar-refractivity contribution in [1.29, 1.82) is 0 Å². The molecule has 1 heterocycles. The van der Waals surface area contributed by atoms with Gasteiger partial charge >= 0.3 is 12.1 Å². The van der Waals surface area contributed by atoms with Gasteiger partial charge in [-0.3, -0.25) is 9.48 Å². The van der Waals surface area contributed by atoms with Crippen LogP contribution in [0, 0.1) is 5.92 Å². The Hall–Kier alpha value is -0.830. The van der Waals surface area contributed by atoms with Gasteiger partial charge < -0.3 is 4.74 Å². The third kappa shape index (κ3) is 2.64. The van der Waals surface area contributed by atoms with Crippen LogP contribution in [0.4, 0.5) is 13.2 Å². The minimum atomic E-state index is -4.51. The van der Waals surface area contributed by atoms with Crippen molar-refractivity contribution >= 4 is 29.5 Å². The van der Waals surface area contributed by atoms with Crippen molar-refractivity contribution in [2.45, 2.75) is 43.0 Å². The van der Waals surface area contributed by atoms with E-state index in [4.69, 9.17) is 4.74 Å². The Balaban J connectivity index is 2.12. The van der Waals surface area contributed by atoms with E-state index >= 15 is 0 Å². The molecule has 3 rings (SSSR count). The van der Waals surface area contributed by atoms with Crippen LogP contribution in [0.25, 0.3) is 0 Å². The van der Waals surface area contributed by atoms with Gasteiger partial charge in [0, 0.05) is 5.56 Å². The molecule has 1 aromatic rings. The molecule has 9 heteroatoms. The molecule has 2 aliphatic rings. The molecule has 0 bridgehead atoms. The summed E-state index contributed by atoms with van der Waals surface area (Å²) in [6, 6.07) is 0. The molecule has 0 aliphatic heterocycles. The number of esters is 1. The molecular formula is C15H19F3N2O2S2. The zero-order valence-corrected chi connectivity index (χ0v) is 15.3. The summed E-state index contributed by atoms with van der Waals surface area (Å²) >= 11 is 3.20. The van der Waals surface area contributed by atoms with Gasteiger partial charge in [-0.2, -0.15) is 18.3 Å². The quantitative estimate of drug-likeness (QED) is 0.554. The number of fused-ring (bicyclic) bond motifs is 3. The van der Waals surface area contributed by atoms with E-state index in [1.165, 1.54) is 4.68 Å². The number of carbonyl (C=O) groups excluding carboxylic acids is 1. The van der Waals surface area contributed by atoms with Crippen LogP contribution in [0.15, 0.2) is 0 Å². The standard InChI is InChI=1S/C15H19F3N2O2S2/c1-4-22-10(21)7-20-13-11(12(19-20)15(16,17)18)8-6-9(8)14(13,23-3)24-5-2/h8-9H,4-7H2,1-3H3/t8-,9+,14?/m0/s1. The van der Waals surface area contributed by atoms with Crippen molar-refractivity contribution < 1.29 is 22.7 Å². The fourth-order valence-electron chi connectivity index (χ4n) is 3.65. The molecule has 3 atom stereocenters. The van der Waals surface area contributed by atoms with Crippen LogP contribution in [-0.4, -0.2) is 34.4 Å². The van der Waals surface area contributed by atoms with E-state index in [-0.39, 0.29) is 25.0 Å². The average molecular weight is 380 g/mol. The first-order valence-corrected chi connectivity index (χ1v) is 10.0. The molecule has 0 radical (unpaired) electrons. The number of hydrogen-bond donors (Lipinski definition) is 0. The maximum Gasteiger partial charge on any atom is 0.435 e. The minimum absolute atomic E-state index is 0.0981. The molecule has 134 valence electrons. The minimum Gasteiger partial charge on any atom is -0.465 e. The Morgan fingerprint density at radius 3 is 2.71 bits per heavy atom. The molecule has 0 N–H and O–H groups in total. The summed E-state index contributed by atoms with van der Waals surface area (Å²) in [5.74, 6) is 0.308. The predicted octanol–water partition coefficient (Wildman–Crippen LogP) is 3.85. The van der Waals surface area contributed by atoms with E-state index in [9.17, 15) is 18.0 Å². The van der Waals surface area contributed by atoms with Crippen molar-refractivity contribution in [3.63, 3.8) is 0 Å². The second kappa shape index (κ2) is 6.16. The van der Waals surface area contributed by atoms with Crippen LogP contribution in [0.1, 0.15) is 43.1 Å². The Morgan fingerprint density at radius 1 is 1.46 bits per heavy atom. The number of carbonyl (C=O) groups is 1. The van der Waals surface area contributed by atoms with Crippen LogP contribution in [-0.2, 0) is 26.3 Å². The molecule has 0 aromatic carbocycles. The maximum absolute atomic E-state index is 13.5. The Bertz CT molecular complexity index is 662. The van der Waals surface area contributed by atoms with Gasteiger partial charge in [0.1, 0.15) is 10.6 Å². The van der Waals surface area contributed by atoms with E-state index < -0.39 is 21.9 Å². The molecule has 0 spiro atoms. The van der Waals surface area contributed by atoms with Crippen molar-refractivity contribution in [2.24, 2.45) is 5.92 Å². The lowest BCUT2D eigenvalue weighted by Crippen LogP contribution is -2.26. The second-order valence-corrected chi connectivity index (χ2v) is 8.65. The zero-order chi connectivity index (χ0) is 17.7. The maximum atomic E-state index is 13.5. The van der Waals surface area contributed by atoms with Crippen LogP contribution in [0.3, 0.4) is 0 Å². The van der Waals surface area contributed by atoms with Gasteiger partial charge in [-0.15, -0.1) is 23.5 Å². The number of alkyl halides is 3. The van der Waals surface area contributed by atoms with Crippen molar-refractivity contribution in [3.8, 4) is 0 Å². The number of ether oxygens (including phenoxy) is 1. The normalized spacial score (nSPS) is 27.8. The summed E-state index contributed by atoms with van der Waals surface area (Å²) in [5, 5.41) is 3.79. The highest BCUT2D eigenvalue weighted by atomic mass is 32.2. The summed E-state index contributed by atoms with van der Waals surface area (Å²) in [5.41, 5.74) is 0.0255. The number of thioether (sulfide) groups is 2. The average Bonchev–Trinajstić information content (AvgIpc) is 3.12. The van der Waals surface area contributed by atoms with Gasteiger partial charge in [-0.25, -0.2) is 0 Å². The summed E-state index contributed by atoms with van der Waals surface area (Å²) in [7, 11) is 0. The zero-order valence-electron chi connectivity index (χ0n) is 13.6. The molecule has 2 aliphatic carbocycles. The van der Waals surface area contributed by atoms with Gasteiger partial charge in [-0.1, -0.05) is 6.92 Å². The number of hydrogen-bond acceptors (Lipinski definition) is 5. The highest BCUT2D eigenvalue weighted by Crippen LogP contribution is 2.73. The third-order valence-electron chi connectivity index (χ3n) is 4.48. The Labute approximate surface area is 146 Å². The van der Waals surface area contributed by atoms with E-state index in [1.807, 2.05) is 13.2 Å². The highest BCUT2D eigenvalue weighted by Gasteiger charge is 2.66. The van der Waals surface area contributed by atoms with E-state index in [2.05, 4.69) is 5.10 Å². The highest BCUT2D eigenvalue weighted by molar-refractivity contribution is 8.17. The van der Waals surface area contributed by atoms with Crippen LogP contribution in [0.2, 0.25) is 0 Å². The lowest BCUT2D eigenvalue weighted by atomic mass is 10.1. The molecule has 1 saturated carbocycles. The van der Waals surface area contributed by atoms with E-state index in [0.717, 1.165) is 12.2 Å². The smallest absolute Gasteiger partial charge is 0.435 e. The first kappa shape index (κ1) is 18.0. The summed E-state index contributed by atoms with van der Waals surface area (Å²) in [6.07, 6.45) is -1.83. The topological polar surface area (TPSA) is 44.1 Å². The molecule has 1 unspecified atom stereocenters. The largest absolute Gasteiger partial charge is 0.465 e. The fourth-order valence-corrected chi connectivity index (χ4v) is 6.71. The molecular weight excluding hydrogens is 361 g/mol. The molecule has 0 amide bonds. The van der Waals surface area contributed by atoms with Gasteiger partial charge in [0.05, 0.1) is 12.3 Å². The summed E-state index contributed by atoms with van der Waals surface area (Å²) in [6.45, 7) is 3.57. The summed E-state index contributed by atoms with van der Waals surface area (Å²) < 4.78 is 46.1. The molecule has 24 heavy (non-hydrogen) atoms. The van der Waals surface area contributed by atoms with E-state index in [1.54, 1.807) is 30.4 Å². The number of rotatable bonds is 6. The summed E-state index contributed by atoms with van der Waals surface area (Å²) in [4.78, 5) is 11.8. The van der Waals surface area contributed by atoms with Crippen molar-refractivity contribution in [2.75, 3.05) is 18.6 Å². The molecule has 4 nitrogen and oxygen atoms in total.